The van der Waals surface area contributed by atoms with E-state index in [-0.39, 0.29) is 17.8 Å². The van der Waals surface area contributed by atoms with Crippen molar-refractivity contribution in [3.8, 4) is 6.07 Å². The van der Waals surface area contributed by atoms with E-state index in [2.05, 4.69) is 15.6 Å². The summed E-state index contributed by atoms with van der Waals surface area (Å²) in [6, 6.07) is 4.39. The Morgan fingerprint density at radius 3 is 3.00 bits per heavy atom. The van der Waals surface area contributed by atoms with E-state index in [9.17, 15) is 18.4 Å². The molecule has 1 aromatic carbocycles. The highest BCUT2D eigenvalue weighted by Crippen LogP contribution is 2.24. The number of nitriles is 1. The fourth-order valence-corrected chi connectivity index (χ4v) is 2.58. The average Bonchev–Trinajstić information content (AvgIpc) is 2.67. The van der Waals surface area contributed by atoms with Gasteiger partial charge in [-0.05, 0) is 36.8 Å². The van der Waals surface area contributed by atoms with Crippen LogP contribution in [0.1, 0.15) is 32.5 Å². The number of nitrogens with zero attached hydrogens (tertiary/aromatic N) is 3. The van der Waals surface area contributed by atoms with Gasteiger partial charge in [-0.3, -0.25) is 9.78 Å². The highest BCUT2D eigenvalue weighted by Gasteiger charge is 2.25. The lowest BCUT2D eigenvalue weighted by atomic mass is 10.1. The number of carbonyl (C=O) groups is 2. The van der Waals surface area contributed by atoms with Gasteiger partial charge in [-0.2, -0.15) is 5.26 Å². The number of aromatic nitrogens is 1. The van der Waals surface area contributed by atoms with E-state index in [1.807, 2.05) is 0 Å². The van der Waals surface area contributed by atoms with Crippen molar-refractivity contribution >= 4 is 17.6 Å². The third kappa shape index (κ3) is 4.00. The maximum atomic E-state index is 14.1. The van der Waals surface area contributed by atoms with E-state index in [0.29, 0.717) is 16.2 Å². The van der Waals surface area contributed by atoms with Gasteiger partial charge >= 0.3 is 6.03 Å². The largest absolute Gasteiger partial charge is 0.346 e. The van der Waals surface area contributed by atoms with Crippen molar-refractivity contribution in [1.29, 1.82) is 5.26 Å². The molecular formula is C18H15F2N5O2. The lowest BCUT2D eigenvalue weighted by molar-refractivity contribution is -0.122. The number of hydrogen-bond donors (Lipinski definition) is 2. The van der Waals surface area contributed by atoms with Gasteiger partial charge in [0.15, 0.2) is 0 Å². The third-order valence-electron chi connectivity index (χ3n) is 3.88. The van der Waals surface area contributed by atoms with Crippen molar-refractivity contribution in [2.24, 2.45) is 0 Å². The second-order valence-corrected chi connectivity index (χ2v) is 5.83. The first-order valence-corrected chi connectivity index (χ1v) is 7.87. The molecule has 9 heteroatoms. The van der Waals surface area contributed by atoms with Crippen LogP contribution in [-0.2, 0) is 11.3 Å². The van der Waals surface area contributed by atoms with Crippen LogP contribution in [0.5, 0.6) is 0 Å². The second kappa shape index (κ2) is 7.37. The van der Waals surface area contributed by atoms with Crippen LogP contribution in [0.2, 0.25) is 0 Å². The van der Waals surface area contributed by atoms with Gasteiger partial charge in [0.05, 0.1) is 26.6 Å². The Hall–Kier alpha value is -3.54. The smallest absolute Gasteiger partial charge is 0.322 e. The molecule has 2 aromatic rings. The van der Waals surface area contributed by atoms with Crippen molar-refractivity contribution in [3.05, 3.63) is 58.9 Å². The molecule has 1 atom stereocenters. The van der Waals surface area contributed by atoms with E-state index in [4.69, 9.17) is 8.00 Å². The summed E-state index contributed by atoms with van der Waals surface area (Å²) in [5, 5.41) is 13.4. The Kier molecular flexibility index (Phi) is 4.28. The molecule has 0 aliphatic carbocycles. The lowest BCUT2D eigenvalue weighted by Crippen LogP contribution is -2.45. The first-order valence-electron chi connectivity index (χ1n) is 8.87. The minimum Gasteiger partial charge on any atom is -0.346 e. The monoisotopic (exact) mass is 373 g/mol. The highest BCUT2D eigenvalue weighted by molar-refractivity contribution is 5.94. The zero-order valence-electron chi connectivity index (χ0n) is 16.1. The van der Waals surface area contributed by atoms with Crippen molar-refractivity contribution < 1.29 is 21.1 Å². The Balaban J connectivity index is 1.79. The van der Waals surface area contributed by atoms with Crippen LogP contribution < -0.4 is 10.6 Å². The molecular weight excluding hydrogens is 356 g/mol. The predicted octanol–water partition coefficient (Wildman–Crippen LogP) is 2.46. The van der Waals surface area contributed by atoms with Crippen LogP contribution in [0, 0.1) is 23.0 Å². The third-order valence-corrected chi connectivity index (χ3v) is 3.88. The maximum absolute atomic E-state index is 14.1. The highest BCUT2D eigenvalue weighted by atomic mass is 19.1. The van der Waals surface area contributed by atoms with Crippen molar-refractivity contribution in [3.63, 3.8) is 0 Å². The molecule has 0 fully saturated rings. The molecule has 0 unspecified atom stereocenters. The minimum absolute atomic E-state index is 0.00371. The Labute approximate surface area is 156 Å². The van der Waals surface area contributed by atoms with Gasteiger partial charge in [0.25, 0.3) is 0 Å². The molecule has 1 aliphatic heterocycles. The number of amides is 3. The standard InChI is InChI=1S/C18H15F2N5O2/c1-10(17-14(20)4-11(6-21)7-22-17)23-16(26)9-25-8-12-5-13(19)2-3-15(12)24-18(25)27/h2-5,7,10H,8-9H2,1H3,(H,23,26)(H,24,27)/t10-/m1/s1/i9D2. The van der Waals surface area contributed by atoms with E-state index in [0.717, 1.165) is 24.4 Å². The Morgan fingerprint density at radius 1 is 1.52 bits per heavy atom. The van der Waals surface area contributed by atoms with Crippen LogP contribution in [0.15, 0.2) is 30.5 Å². The zero-order chi connectivity index (χ0) is 21.3. The SMILES string of the molecule is [2H]C([2H])(C(=O)N[C@H](C)c1ncc(C#N)cc1F)N1Cc2cc(F)ccc2NC1=O. The second-order valence-electron chi connectivity index (χ2n) is 5.83. The molecule has 2 heterocycles. The molecule has 3 amide bonds. The Bertz CT molecular complexity index is 1040. The first-order chi connectivity index (χ1) is 13.6. The fourth-order valence-electron chi connectivity index (χ4n) is 2.58. The molecule has 138 valence electrons. The van der Waals surface area contributed by atoms with E-state index in [1.165, 1.54) is 13.0 Å². The normalized spacial score (nSPS) is 15.6. The summed E-state index contributed by atoms with van der Waals surface area (Å²) < 4.78 is 43.7. The minimum atomic E-state index is -2.81. The lowest BCUT2D eigenvalue weighted by Gasteiger charge is -2.29. The van der Waals surface area contributed by atoms with Gasteiger partial charge in [0, 0.05) is 11.9 Å². The number of nitrogens with one attached hydrogen (secondary N) is 2. The molecule has 2 N–H and O–H groups in total. The number of halogens is 2. The van der Waals surface area contributed by atoms with Crippen LogP contribution >= 0.6 is 0 Å². The Morgan fingerprint density at radius 2 is 2.30 bits per heavy atom. The molecule has 0 radical (unpaired) electrons. The van der Waals surface area contributed by atoms with Gasteiger partial charge in [0.2, 0.25) is 5.91 Å². The fraction of sp³-hybridized carbons (Fsp3) is 0.222. The number of rotatable bonds is 4. The van der Waals surface area contributed by atoms with Crippen LogP contribution in [0.4, 0.5) is 19.3 Å². The summed E-state index contributed by atoms with van der Waals surface area (Å²) in [5.74, 6) is -2.61. The number of urea groups is 1. The van der Waals surface area contributed by atoms with Crippen LogP contribution in [-0.4, -0.2) is 28.3 Å². The summed E-state index contributed by atoms with van der Waals surface area (Å²) in [4.78, 5) is 29.2. The van der Waals surface area contributed by atoms with Crippen LogP contribution in [0.3, 0.4) is 0 Å². The number of benzene rings is 1. The number of pyridine rings is 1. The number of fused-ring (bicyclic) bond motifs is 1. The summed E-state index contributed by atoms with van der Waals surface area (Å²) in [5.41, 5.74) is 0.426. The summed E-state index contributed by atoms with van der Waals surface area (Å²) in [7, 11) is 0. The van der Waals surface area contributed by atoms with E-state index < -0.39 is 36.1 Å². The van der Waals surface area contributed by atoms with Crippen LogP contribution in [0.25, 0.3) is 0 Å². The molecule has 3 rings (SSSR count). The van der Waals surface area contributed by atoms with Gasteiger partial charge < -0.3 is 15.5 Å². The van der Waals surface area contributed by atoms with Crippen molar-refractivity contribution in [1.82, 2.24) is 15.2 Å². The van der Waals surface area contributed by atoms with E-state index >= 15 is 0 Å². The molecule has 0 saturated carbocycles. The number of anilines is 1. The van der Waals surface area contributed by atoms with E-state index in [1.54, 1.807) is 6.07 Å². The number of carbonyl (C=O) groups excluding carboxylic acids is 2. The first kappa shape index (κ1) is 15.7. The summed E-state index contributed by atoms with van der Waals surface area (Å²) >= 11 is 0. The molecule has 0 saturated heterocycles. The van der Waals surface area contributed by atoms with Crippen molar-refractivity contribution in [2.45, 2.75) is 19.5 Å². The molecule has 0 bridgehead atoms. The molecule has 1 aliphatic rings. The van der Waals surface area contributed by atoms with Gasteiger partial charge in [0.1, 0.15) is 24.2 Å². The van der Waals surface area contributed by atoms with Gasteiger partial charge in [-0.15, -0.1) is 0 Å². The average molecular weight is 373 g/mol. The molecule has 27 heavy (non-hydrogen) atoms. The quantitative estimate of drug-likeness (QED) is 0.860. The zero-order valence-corrected chi connectivity index (χ0v) is 14.1. The maximum Gasteiger partial charge on any atom is 0.322 e. The van der Waals surface area contributed by atoms with Gasteiger partial charge in [-0.25, -0.2) is 13.6 Å². The molecule has 7 nitrogen and oxygen atoms in total. The van der Waals surface area contributed by atoms with Gasteiger partial charge in [-0.1, -0.05) is 0 Å². The predicted molar refractivity (Wildman–Crippen MR) is 91.3 cm³/mol. The van der Waals surface area contributed by atoms with Crippen molar-refractivity contribution in [2.75, 3.05) is 11.8 Å². The summed E-state index contributed by atoms with van der Waals surface area (Å²) in [6.07, 6.45) is 1.12. The molecule has 0 spiro atoms. The molecule has 1 aromatic heterocycles. The topological polar surface area (TPSA) is 98.1 Å². The summed E-state index contributed by atoms with van der Waals surface area (Å²) in [6.45, 7) is -1.77. The number of hydrogen-bond acceptors (Lipinski definition) is 4.